The van der Waals surface area contributed by atoms with Gasteiger partial charge in [-0.05, 0) is 38.1 Å². The van der Waals surface area contributed by atoms with Crippen molar-refractivity contribution in [1.82, 2.24) is 14.7 Å². The van der Waals surface area contributed by atoms with E-state index in [2.05, 4.69) is 10.4 Å². The van der Waals surface area contributed by atoms with E-state index in [9.17, 15) is 9.59 Å². The Bertz CT molecular complexity index is 1250. The van der Waals surface area contributed by atoms with Gasteiger partial charge in [0.05, 0.1) is 22.7 Å². The number of aromatic nitrogens is 2. The first-order chi connectivity index (χ1) is 15.9. The summed E-state index contributed by atoms with van der Waals surface area (Å²) < 4.78 is 6.81. The molecule has 2 aromatic carbocycles. The summed E-state index contributed by atoms with van der Waals surface area (Å²) in [6.45, 7) is 3.54. The van der Waals surface area contributed by atoms with Crippen molar-refractivity contribution in [2.75, 3.05) is 11.9 Å². The fourth-order valence-electron chi connectivity index (χ4n) is 3.40. The number of amides is 2. The van der Waals surface area contributed by atoms with E-state index >= 15 is 0 Å². The van der Waals surface area contributed by atoms with E-state index in [1.54, 1.807) is 28.9 Å². The first kappa shape index (κ1) is 22.4. The van der Waals surface area contributed by atoms with Gasteiger partial charge in [-0.25, -0.2) is 4.68 Å². The molecule has 0 radical (unpaired) electrons. The molecule has 4 rings (SSSR count). The summed E-state index contributed by atoms with van der Waals surface area (Å²) in [6, 6.07) is 21.7. The molecule has 0 atom stereocenters. The fraction of sp³-hybridized carbons (Fsp3) is 0.160. The number of benzene rings is 2. The third kappa shape index (κ3) is 4.99. The number of para-hydroxylation sites is 1. The molecule has 1 N–H and O–H groups in total. The Morgan fingerprint density at radius 1 is 1.06 bits per heavy atom. The predicted octanol–water partition coefficient (Wildman–Crippen LogP) is 5.28. The second-order valence-electron chi connectivity index (χ2n) is 7.70. The largest absolute Gasteiger partial charge is 0.459 e. The Morgan fingerprint density at radius 3 is 2.45 bits per heavy atom. The molecule has 33 heavy (non-hydrogen) atoms. The molecule has 0 aliphatic heterocycles. The van der Waals surface area contributed by atoms with Crippen LogP contribution in [0.15, 0.2) is 83.5 Å². The van der Waals surface area contributed by atoms with Gasteiger partial charge < -0.3 is 14.6 Å². The molecule has 0 saturated heterocycles. The minimum absolute atomic E-state index is 0.147. The van der Waals surface area contributed by atoms with Gasteiger partial charge in [0, 0.05) is 17.7 Å². The number of nitrogens with zero attached hydrogens (tertiary/aromatic N) is 3. The quantitative estimate of drug-likeness (QED) is 0.405. The Morgan fingerprint density at radius 2 is 1.79 bits per heavy atom. The number of furan rings is 1. The van der Waals surface area contributed by atoms with E-state index in [1.165, 1.54) is 11.2 Å². The smallest absolute Gasteiger partial charge is 0.290 e. The number of halogens is 1. The molecule has 8 heteroatoms. The van der Waals surface area contributed by atoms with E-state index in [4.69, 9.17) is 16.0 Å². The molecule has 0 aliphatic carbocycles. The number of anilines is 1. The van der Waals surface area contributed by atoms with Crippen LogP contribution in [0.5, 0.6) is 0 Å². The molecule has 0 unspecified atom stereocenters. The average molecular weight is 463 g/mol. The van der Waals surface area contributed by atoms with Crippen molar-refractivity contribution in [3.05, 3.63) is 89.8 Å². The maximum atomic E-state index is 13.0. The van der Waals surface area contributed by atoms with Gasteiger partial charge in [-0.3, -0.25) is 9.59 Å². The minimum atomic E-state index is -0.364. The molecule has 0 saturated carbocycles. The number of nitrogens with one attached hydrogen (secondary N) is 1. The molecule has 0 spiro atoms. The molecular weight excluding hydrogens is 440 g/mol. The Hall–Kier alpha value is -3.84. The first-order valence-electron chi connectivity index (χ1n) is 10.5. The molecular formula is C25H23ClN4O3. The number of carbonyl (C=O) groups excluding carboxylic acids is 2. The SMILES string of the molecule is CC(C)N(CC(=O)Nc1cc(-c2ccccc2)nn1-c1ccccc1Cl)C(=O)c1ccco1. The van der Waals surface area contributed by atoms with Crippen LogP contribution in [0.3, 0.4) is 0 Å². The zero-order valence-corrected chi connectivity index (χ0v) is 19.0. The molecule has 0 bridgehead atoms. The number of rotatable bonds is 7. The lowest BCUT2D eigenvalue weighted by Gasteiger charge is -2.25. The average Bonchev–Trinajstić information content (AvgIpc) is 3.48. The summed E-state index contributed by atoms with van der Waals surface area (Å²) in [4.78, 5) is 27.2. The highest BCUT2D eigenvalue weighted by molar-refractivity contribution is 6.32. The van der Waals surface area contributed by atoms with Crippen LogP contribution in [0.4, 0.5) is 5.82 Å². The van der Waals surface area contributed by atoms with E-state index < -0.39 is 0 Å². The van der Waals surface area contributed by atoms with Crippen molar-refractivity contribution in [2.24, 2.45) is 0 Å². The van der Waals surface area contributed by atoms with Crippen LogP contribution < -0.4 is 5.32 Å². The summed E-state index contributed by atoms with van der Waals surface area (Å²) in [5, 5.41) is 8.06. The molecule has 168 valence electrons. The van der Waals surface area contributed by atoms with Gasteiger partial charge in [0.25, 0.3) is 5.91 Å². The Balaban J connectivity index is 1.63. The van der Waals surface area contributed by atoms with Crippen molar-refractivity contribution in [3.8, 4) is 16.9 Å². The van der Waals surface area contributed by atoms with Crippen molar-refractivity contribution in [1.29, 1.82) is 0 Å². The summed E-state index contributed by atoms with van der Waals surface area (Å²) in [7, 11) is 0. The second kappa shape index (κ2) is 9.75. The van der Waals surface area contributed by atoms with Gasteiger partial charge in [0.1, 0.15) is 12.4 Å². The van der Waals surface area contributed by atoms with Gasteiger partial charge in [0.2, 0.25) is 5.91 Å². The van der Waals surface area contributed by atoms with Crippen LogP contribution in [0, 0.1) is 0 Å². The summed E-state index contributed by atoms with van der Waals surface area (Å²) in [6.07, 6.45) is 1.43. The number of hydrogen-bond acceptors (Lipinski definition) is 4. The molecule has 0 fully saturated rings. The molecule has 2 heterocycles. The van der Waals surface area contributed by atoms with Crippen molar-refractivity contribution in [3.63, 3.8) is 0 Å². The third-order valence-electron chi connectivity index (χ3n) is 5.06. The summed E-state index contributed by atoms with van der Waals surface area (Å²) >= 11 is 6.41. The summed E-state index contributed by atoms with van der Waals surface area (Å²) in [5.41, 5.74) is 2.21. The van der Waals surface area contributed by atoms with Crippen LogP contribution in [0.1, 0.15) is 24.4 Å². The highest BCUT2D eigenvalue weighted by Gasteiger charge is 2.24. The van der Waals surface area contributed by atoms with E-state index in [0.717, 1.165) is 5.56 Å². The van der Waals surface area contributed by atoms with Crippen LogP contribution >= 0.6 is 11.6 Å². The van der Waals surface area contributed by atoms with Crippen LogP contribution in [0.25, 0.3) is 16.9 Å². The lowest BCUT2D eigenvalue weighted by atomic mass is 10.1. The van der Waals surface area contributed by atoms with Crippen LogP contribution in [-0.2, 0) is 4.79 Å². The molecule has 4 aromatic rings. The molecule has 2 aromatic heterocycles. The zero-order chi connectivity index (χ0) is 23.4. The van der Waals surface area contributed by atoms with Crippen molar-refractivity contribution < 1.29 is 14.0 Å². The topological polar surface area (TPSA) is 80.4 Å². The Labute approximate surface area is 196 Å². The lowest BCUT2D eigenvalue weighted by molar-refractivity contribution is -0.117. The van der Waals surface area contributed by atoms with Crippen molar-refractivity contribution >= 4 is 29.2 Å². The first-order valence-corrected chi connectivity index (χ1v) is 10.9. The van der Waals surface area contributed by atoms with Crippen LogP contribution in [0.2, 0.25) is 5.02 Å². The Kier molecular flexibility index (Phi) is 6.60. The monoisotopic (exact) mass is 462 g/mol. The van der Waals surface area contributed by atoms with Gasteiger partial charge in [0.15, 0.2) is 5.76 Å². The maximum Gasteiger partial charge on any atom is 0.290 e. The highest BCUT2D eigenvalue weighted by Crippen LogP contribution is 2.28. The van der Waals surface area contributed by atoms with Gasteiger partial charge in [-0.2, -0.15) is 5.10 Å². The minimum Gasteiger partial charge on any atom is -0.459 e. The standard InChI is InChI=1S/C25H23ClN4O3/c1-17(2)29(25(32)22-13-8-14-33-22)16-24(31)27-23-15-20(18-9-4-3-5-10-18)28-30(23)21-12-7-6-11-19(21)26/h3-15,17H,16H2,1-2H3,(H,27,31). The molecule has 2 amide bonds. The number of carbonyl (C=O) groups is 2. The van der Waals surface area contributed by atoms with E-state index in [0.29, 0.717) is 22.2 Å². The van der Waals surface area contributed by atoms with Gasteiger partial charge in [-0.15, -0.1) is 0 Å². The van der Waals surface area contributed by atoms with Crippen molar-refractivity contribution in [2.45, 2.75) is 19.9 Å². The van der Waals surface area contributed by atoms with E-state index in [1.807, 2.05) is 62.4 Å². The number of hydrogen-bond donors (Lipinski definition) is 1. The summed E-state index contributed by atoms with van der Waals surface area (Å²) in [5.74, 6) is -0.0868. The molecule has 7 nitrogen and oxygen atoms in total. The zero-order valence-electron chi connectivity index (χ0n) is 18.2. The molecule has 0 aliphatic rings. The van der Waals surface area contributed by atoms with E-state index in [-0.39, 0.29) is 30.2 Å². The maximum absolute atomic E-state index is 13.0. The van der Waals surface area contributed by atoms with Crippen LogP contribution in [-0.4, -0.2) is 39.1 Å². The highest BCUT2D eigenvalue weighted by atomic mass is 35.5. The third-order valence-corrected chi connectivity index (χ3v) is 5.38. The fourth-order valence-corrected chi connectivity index (χ4v) is 3.61. The van der Waals surface area contributed by atoms with Gasteiger partial charge >= 0.3 is 0 Å². The van der Waals surface area contributed by atoms with Gasteiger partial charge in [-0.1, -0.05) is 54.1 Å². The normalized spacial score (nSPS) is 10.9. The lowest BCUT2D eigenvalue weighted by Crippen LogP contribution is -2.42. The predicted molar refractivity (Wildman–Crippen MR) is 128 cm³/mol. The second-order valence-corrected chi connectivity index (χ2v) is 8.10.